The molecule has 98 valence electrons. The quantitative estimate of drug-likeness (QED) is 0.560. The zero-order valence-electron chi connectivity index (χ0n) is 11.5. The van der Waals surface area contributed by atoms with Crippen LogP contribution >= 0.6 is 0 Å². The SMILES string of the molecule is CC[SiH](CC)OC([C@@H]1C=CC(=O)O1)C(C)(C)C. The fraction of sp³-hybridized carbons (Fsp3) is 0.769. The summed E-state index contributed by atoms with van der Waals surface area (Å²) >= 11 is 0. The summed E-state index contributed by atoms with van der Waals surface area (Å²) in [7, 11) is -1.15. The second-order valence-corrected chi connectivity index (χ2v) is 8.77. The van der Waals surface area contributed by atoms with Gasteiger partial charge in [0.15, 0.2) is 9.04 Å². The molecule has 4 heteroatoms. The summed E-state index contributed by atoms with van der Waals surface area (Å²) in [6, 6.07) is 2.24. The van der Waals surface area contributed by atoms with Crippen LogP contribution in [0.15, 0.2) is 12.2 Å². The second kappa shape index (κ2) is 5.82. The lowest BCUT2D eigenvalue weighted by molar-refractivity contribution is -0.144. The third-order valence-corrected chi connectivity index (χ3v) is 5.58. The lowest BCUT2D eigenvalue weighted by Crippen LogP contribution is -2.43. The van der Waals surface area contributed by atoms with E-state index in [9.17, 15) is 4.79 Å². The number of rotatable bonds is 5. The minimum absolute atomic E-state index is 0.0186. The molecule has 0 aliphatic carbocycles. The molecule has 0 N–H and O–H groups in total. The third kappa shape index (κ3) is 3.96. The maximum atomic E-state index is 11.2. The first kappa shape index (κ1) is 14.4. The molecule has 1 rings (SSSR count). The number of cyclic esters (lactones) is 1. The minimum atomic E-state index is -1.15. The summed E-state index contributed by atoms with van der Waals surface area (Å²) < 4.78 is 11.5. The molecular weight excluding hydrogens is 232 g/mol. The van der Waals surface area contributed by atoms with E-state index in [0.29, 0.717) is 0 Å². The van der Waals surface area contributed by atoms with Crippen molar-refractivity contribution in [3.8, 4) is 0 Å². The molecule has 1 aliphatic heterocycles. The molecule has 1 heterocycles. The molecule has 17 heavy (non-hydrogen) atoms. The van der Waals surface area contributed by atoms with E-state index in [1.807, 2.05) is 6.08 Å². The maximum Gasteiger partial charge on any atom is 0.331 e. The Morgan fingerprint density at radius 1 is 1.41 bits per heavy atom. The van der Waals surface area contributed by atoms with E-state index in [2.05, 4.69) is 34.6 Å². The van der Waals surface area contributed by atoms with Crippen LogP contribution in [-0.2, 0) is 14.0 Å². The van der Waals surface area contributed by atoms with Gasteiger partial charge in [-0.1, -0.05) is 34.6 Å². The molecule has 0 fully saturated rings. The minimum Gasteiger partial charge on any atom is -0.452 e. The zero-order valence-corrected chi connectivity index (χ0v) is 12.7. The molecule has 2 atom stereocenters. The Kier molecular flexibility index (Phi) is 4.95. The van der Waals surface area contributed by atoms with Crippen molar-refractivity contribution < 1.29 is 14.0 Å². The van der Waals surface area contributed by atoms with Crippen molar-refractivity contribution in [1.82, 2.24) is 0 Å². The van der Waals surface area contributed by atoms with Gasteiger partial charge in [0.05, 0.1) is 6.10 Å². The van der Waals surface area contributed by atoms with Crippen molar-refractivity contribution >= 4 is 15.0 Å². The van der Waals surface area contributed by atoms with Crippen molar-refractivity contribution in [3.05, 3.63) is 12.2 Å². The molecule has 1 unspecified atom stereocenters. The van der Waals surface area contributed by atoms with E-state index < -0.39 is 9.04 Å². The van der Waals surface area contributed by atoms with E-state index in [0.717, 1.165) is 12.1 Å². The Balaban J connectivity index is 2.75. The van der Waals surface area contributed by atoms with Crippen molar-refractivity contribution in [2.24, 2.45) is 5.41 Å². The fourth-order valence-corrected chi connectivity index (χ4v) is 3.95. The van der Waals surface area contributed by atoms with Crippen LogP contribution in [0.4, 0.5) is 0 Å². The van der Waals surface area contributed by atoms with Crippen LogP contribution in [-0.4, -0.2) is 27.2 Å². The molecule has 1 aliphatic rings. The van der Waals surface area contributed by atoms with Gasteiger partial charge in [0.25, 0.3) is 0 Å². The smallest absolute Gasteiger partial charge is 0.331 e. The number of hydrogen-bond acceptors (Lipinski definition) is 3. The topological polar surface area (TPSA) is 35.5 Å². The van der Waals surface area contributed by atoms with E-state index >= 15 is 0 Å². The second-order valence-electron chi connectivity index (χ2n) is 5.62. The van der Waals surface area contributed by atoms with Crippen LogP contribution in [0, 0.1) is 5.41 Å². The molecule has 0 aromatic heterocycles. The summed E-state index contributed by atoms with van der Waals surface area (Å²) in [6.45, 7) is 10.8. The van der Waals surface area contributed by atoms with Gasteiger partial charge in [0, 0.05) is 6.08 Å². The average molecular weight is 256 g/mol. The highest BCUT2D eigenvalue weighted by molar-refractivity contribution is 6.51. The molecule has 0 aromatic carbocycles. The average Bonchev–Trinajstić information content (AvgIpc) is 2.64. The standard InChI is InChI=1S/C13H24O3Si/c1-6-17(7-2)16-12(13(3,4)5)10-8-9-11(14)15-10/h8-10,12,17H,6-7H2,1-5H3/t10-,12?/m0/s1. The highest BCUT2D eigenvalue weighted by Crippen LogP contribution is 2.30. The van der Waals surface area contributed by atoms with Gasteiger partial charge in [-0.25, -0.2) is 4.79 Å². The van der Waals surface area contributed by atoms with Gasteiger partial charge < -0.3 is 9.16 Å². The molecule has 3 nitrogen and oxygen atoms in total. The van der Waals surface area contributed by atoms with E-state index in [4.69, 9.17) is 9.16 Å². The Morgan fingerprint density at radius 3 is 2.35 bits per heavy atom. The fourth-order valence-electron chi connectivity index (χ4n) is 2.01. The van der Waals surface area contributed by atoms with E-state index in [-0.39, 0.29) is 23.6 Å². The maximum absolute atomic E-state index is 11.2. The van der Waals surface area contributed by atoms with Gasteiger partial charge in [-0.15, -0.1) is 0 Å². The molecular formula is C13H24O3Si. The molecule has 0 amide bonds. The predicted molar refractivity (Wildman–Crippen MR) is 71.5 cm³/mol. The highest BCUT2D eigenvalue weighted by atomic mass is 28.3. The third-order valence-electron chi connectivity index (χ3n) is 3.08. The summed E-state index contributed by atoms with van der Waals surface area (Å²) in [4.78, 5) is 11.2. The van der Waals surface area contributed by atoms with Gasteiger partial charge in [-0.05, 0) is 23.6 Å². The normalized spacial score (nSPS) is 22.0. The first-order valence-electron chi connectivity index (χ1n) is 6.42. The highest BCUT2D eigenvalue weighted by Gasteiger charge is 2.37. The van der Waals surface area contributed by atoms with Gasteiger partial charge >= 0.3 is 5.97 Å². The van der Waals surface area contributed by atoms with Crippen LogP contribution in [0.2, 0.25) is 12.1 Å². The molecule has 0 aromatic rings. The van der Waals surface area contributed by atoms with Crippen LogP contribution in [0.3, 0.4) is 0 Å². The number of carbonyl (C=O) groups is 1. The predicted octanol–water partition coefficient (Wildman–Crippen LogP) is 2.66. The Bertz CT molecular complexity index is 290. The number of hydrogen-bond donors (Lipinski definition) is 0. The van der Waals surface area contributed by atoms with Gasteiger partial charge in [0.2, 0.25) is 0 Å². The molecule has 0 radical (unpaired) electrons. The van der Waals surface area contributed by atoms with Crippen LogP contribution in [0.1, 0.15) is 34.6 Å². The largest absolute Gasteiger partial charge is 0.452 e. The van der Waals surface area contributed by atoms with Gasteiger partial charge in [0.1, 0.15) is 6.10 Å². The number of carbonyl (C=O) groups excluding carboxylic acids is 1. The van der Waals surface area contributed by atoms with Crippen LogP contribution in [0.25, 0.3) is 0 Å². The summed E-state index contributed by atoms with van der Waals surface area (Å²) in [5, 5.41) is 0. The number of ether oxygens (including phenoxy) is 1. The Morgan fingerprint density at radius 2 is 2.00 bits per heavy atom. The molecule has 0 spiro atoms. The van der Waals surface area contributed by atoms with Crippen molar-refractivity contribution in [1.29, 1.82) is 0 Å². The van der Waals surface area contributed by atoms with Crippen molar-refractivity contribution in [2.45, 2.75) is 58.9 Å². The summed E-state index contributed by atoms with van der Waals surface area (Å²) in [6.07, 6.45) is 3.09. The van der Waals surface area contributed by atoms with Gasteiger partial charge in [-0.3, -0.25) is 0 Å². The first-order chi connectivity index (χ1) is 7.88. The van der Waals surface area contributed by atoms with Crippen LogP contribution in [0.5, 0.6) is 0 Å². The Hall–Kier alpha value is -0.613. The Labute approximate surface area is 106 Å². The van der Waals surface area contributed by atoms with Crippen molar-refractivity contribution in [3.63, 3.8) is 0 Å². The van der Waals surface area contributed by atoms with Crippen LogP contribution < -0.4 is 0 Å². The molecule has 0 saturated heterocycles. The first-order valence-corrected chi connectivity index (χ1v) is 8.53. The van der Waals surface area contributed by atoms with E-state index in [1.54, 1.807) is 0 Å². The summed E-state index contributed by atoms with van der Waals surface area (Å²) in [5.74, 6) is -0.251. The van der Waals surface area contributed by atoms with Crippen molar-refractivity contribution in [2.75, 3.05) is 0 Å². The lowest BCUT2D eigenvalue weighted by Gasteiger charge is -2.36. The lowest BCUT2D eigenvalue weighted by atomic mass is 9.86. The molecule has 0 saturated carbocycles. The zero-order chi connectivity index (χ0) is 13.1. The monoisotopic (exact) mass is 256 g/mol. The number of esters is 1. The summed E-state index contributed by atoms with van der Waals surface area (Å²) in [5.41, 5.74) is -0.0186. The van der Waals surface area contributed by atoms with Gasteiger partial charge in [-0.2, -0.15) is 0 Å². The molecule has 0 bridgehead atoms. The van der Waals surface area contributed by atoms with E-state index in [1.165, 1.54) is 6.08 Å².